The van der Waals surface area contributed by atoms with E-state index in [0.29, 0.717) is 6.07 Å². The van der Waals surface area contributed by atoms with Gasteiger partial charge in [0, 0.05) is 12.3 Å². The minimum atomic E-state index is -0.866. The fraction of sp³-hybridized carbons (Fsp3) is 0.176. The minimum absolute atomic E-state index is 0.102. The van der Waals surface area contributed by atoms with E-state index < -0.39 is 33.8 Å². The first-order valence-electron chi connectivity index (χ1n) is 7.87. The lowest BCUT2D eigenvalue weighted by Gasteiger charge is -2.16. The SMILES string of the molecule is CC(COc1ccc(F)cc1F)Nc1nc2ccccn2c(=O)c1[N+](=O)[O-]. The molecule has 1 N–H and O–H groups in total. The summed E-state index contributed by atoms with van der Waals surface area (Å²) >= 11 is 0. The number of benzene rings is 1. The monoisotopic (exact) mass is 376 g/mol. The van der Waals surface area contributed by atoms with E-state index >= 15 is 0 Å². The molecule has 27 heavy (non-hydrogen) atoms. The smallest absolute Gasteiger partial charge is 0.376 e. The van der Waals surface area contributed by atoms with Gasteiger partial charge in [0.15, 0.2) is 11.6 Å². The molecule has 140 valence electrons. The number of hydrogen-bond acceptors (Lipinski definition) is 6. The highest BCUT2D eigenvalue weighted by molar-refractivity contribution is 5.60. The Bertz CT molecular complexity index is 1070. The number of pyridine rings is 1. The molecule has 0 spiro atoms. The molecule has 0 amide bonds. The lowest BCUT2D eigenvalue weighted by atomic mass is 10.3. The average molecular weight is 376 g/mol. The number of nitrogens with one attached hydrogen (secondary N) is 1. The number of nitro groups is 1. The zero-order valence-electron chi connectivity index (χ0n) is 14.1. The van der Waals surface area contributed by atoms with Gasteiger partial charge in [-0.1, -0.05) is 6.07 Å². The molecule has 0 radical (unpaired) electrons. The predicted molar refractivity (Wildman–Crippen MR) is 93.1 cm³/mol. The summed E-state index contributed by atoms with van der Waals surface area (Å²) < 4.78 is 32.8. The number of halogens is 2. The van der Waals surface area contributed by atoms with Gasteiger partial charge in [-0.05, 0) is 31.2 Å². The van der Waals surface area contributed by atoms with Crippen LogP contribution in [0.3, 0.4) is 0 Å². The quantitative estimate of drug-likeness (QED) is 0.525. The first kappa shape index (κ1) is 18.2. The van der Waals surface area contributed by atoms with Gasteiger partial charge in [0.1, 0.15) is 18.1 Å². The van der Waals surface area contributed by atoms with Crippen molar-refractivity contribution in [1.29, 1.82) is 0 Å². The van der Waals surface area contributed by atoms with Gasteiger partial charge in [-0.3, -0.25) is 19.3 Å². The Morgan fingerprint density at radius 1 is 1.33 bits per heavy atom. The van der Waals surface area contributed by atoms with E-state index in [1.807, 2.05) is 0 Å². The first-order chi connectivity index (χ1) is 12.9. The van der Waals surface area contributed by atoms with Crippen LogP contribution in [0.4, 0.5) is 20.3 Å². The van der Waals surface area contributed by atoms with Crippen molar-refractivity contribution < 1.29 is 18.4 Å². The average Bonchev–Trinajstić information content (AvgIpc) is 2.61. The molecule has 3 aromatic rings. The lowest BCUT2D eigenvalue weighted by Crippen LogP contribution is -2.28. The molecule has 0 aliphatic rings. The molecule has 1 atom stereocenters. The summed E-state index contributed by atoms with van der Waals surface area (Å²) in [6.07, 6.45) is 1.38. The second-order valence-corrected chi connectivity index (χ2v) is 5.73. The van der Waals surface area contributed by atoms with E-state index in [1.165, 1.54) is 12.3 Å². The summed E-state index contributed by atoms with van der Waals surface area (Å²) in [5.41, 5.74) is -1.31. The number of hydrogen-bond donors (Lipinski definition) is 1. The van der Waals surface area contributed by atoms with E-state index in [0.717, 1.165) is 16.5 Å². The van der Waals surface area contributed by atoms with Crippen LogP contribution in [0, 0.1) is 21.7 Å². The summed E-state index contributed by atoms with van der Waals surface area (Å²) in [7, 11) is 0. The molecule has 2 aromatic heterocycles. The molecule has 0 saturated carbocycles. The van der Waals surface area contributed by atoms with E-state index in [1.54, 1.807) is 19.1 Å². The van der Waals surface area contributed by atoms with Crippen molar-refractivity contribution in [2.75, 3.05) is 11.9 Å². The molecule has 0 aliphatic carbocycles. The summed E-state index contributed by atoms with van der Waals surface area (Å²) in [5.74, 6) is -1.98. The maximum atomic E-state index is 13.6. The molecule has 0 fully saturated rings. The minimum Gasteiger partial charge on any atom is -0.488 e. The fourth-order valence-electron chi connectivity index (χ4n) is 2.43. The van der Waals surface area contributed by atoms with Crippen LogP contribution in [0.15, 0.2) is 47.4 Å². The van der Waals surface area contributed by atoms with Crippen molar-refractivity contribution in [2.24, 2.45) is 0 Å². The van der Waals surface area contributed by atoms with Gasteiger partial charge < -0.3 is 10.1 Å². The summed E-state index contributed by atoms with van der Waals surface area (Å²) in [5, 5.41) is 14.1. The predicted octanol–water partition coefficient (Wildman–Crippen LogP) is 2.76. The van der Waals surface area contributed by atoms with Crippen molar-refractivity contribution in [3.8, 4) is 5.75 Å². The molecule has 1 aromatic carbocycles. The van der Waals surface area contributed by atoms with Gasteiger partial charge in [-0.2, -0.15) is 0 Å². The van der Waals surface area contributed by atoms with Crippen LogP contribution in [-0.4, -0.2) is 27.0 Å². The van der Waals surface area contributed by atoms with Gasteiger partial charge in [0.2, 0.25) is 5.82 Å². The molecule has 0 bridgehead atoms. The van der Waals surface area contributed by atoms with Crippen LogP contribution in [0.1, 0.15) is 6.92 Å². The van der Waals surface area contributed by atoms with Gasteiger partial charge in [0.25, 0.3) is 0 Å². The van der Waals surface area contributed by atoms with Crippen molar-refractivity contribution in [3.63, 3.8) is 0 Å². The zero-order chi connectivity index (χ0) is 19.6. The van der Waals surface area contributed by atoms with E-state index in [-0.39, 0.29) is 23.8 Å². The van der Waals surface area contributed by atoms with E-state index in [4.69, 9.17) is 4.74 Å². The van der Waals surface area contributed by atoms with Crippen molar-refractivity contribution >= 4 is 17.2 Å². The Kier molecular flexibility index (Phi) is 4.97. The largest absolute Gasteiger partial charge is 0.488 e. The third-order valence-electron chi connectivity index (χ3n) is 3.66. The number of anilines is 1. The van der Waals surface area contributed by atoms with E-state index in [9.17, 15) is 23.7 Å². The molecule has 3 rings (SSSR count). The van der Waals surface area contributed by atoms with Gasteiger partial charge >= 0.3 is 11.2 Å². The Morgan fingerprint density at radius 3 is 2.81 bits per heavy atom. The van der Waals surface area contributed by atoms with Crippen LogP contribution in [0.5, 0.6) is 5.75 Å². The van der Waals surface area contributed by atoms with Crippen LogP contribution < -0.4 is 15.6 Å². The normalized spacial score (nSPS) is 12.0. The second-order valence-electron chi connectivity index (χ2n) is 5.73. The maximum Gasteiger partial charge on any atom is 0.376 e. The Morgan fingerprint density at radius 2 is 2.11 bits per heavy atom. The highest BCUT2D eigenvalue weighted by atomic mass is 19.1. The number of fused-ring (bicyclic) bond motifs is 1. The zero-order valence-corrected chi connectivity index (χ0v) is 14.1. The standard InChI is InChI=1S/C17H14F2N4O4/c1-10(9-27-13-6-5-11(18)8-12(13)19)20-16-15(23(25)26)17(24)22-7-3-2-4-14(22)21-16/h2-8,10,20H,9H2,1H3. The van der Waals surface area contributed by atoms with Crippen LogP contribution in [0.2, 0.25) is 0 Å². The Labute approximate surface area is 151 Å². The molecule has 10 heteroatoms. The molecule has 8 nitrogen and oxygen atoms in total. The number of aromatic nitrogens is 2. The van der Waals surface area contributed by atoms with Crippen molar-refractivity contribution in [2.45, 2.75) is 13.0 Å². The number of nitrogens with zero attached hydrogens (tertiary/aromatic N) is 3. The number of ether oxygens (including phenoxy) is 1. The van der Waals surface area contributed by atoms with Crippen LogP contribution in [0.25, 0.3) is 5.65 Å². The Hall–Kier alpha value is -3.56. The Balaban J connectivity index is 1.83. The molecular weight excluding hydrogens is 362 g/mol. The molecular formula is C17H14F2N4O4. The second kappa shape index (κ2) is 7.36. The summed E-state index contributed by atoms with van der Waals surface area (Å²) in [4.78, 5) is 27.0. The highest BCUT2D eigenvalue weighted by Gasteiger charge is 2.24. The summed E-state index contributed by atoms with van der Waals surface area (Å²) in [6, 6.07) is 7.04. The van der Waals surface area contributed by atoms with Crippen LogP contribution in [-0.2, 0) is 0 Å². The highest BCUT2D eigenvalue weighted by Crippen LogP contribution is 2.21. The van der Waals surface area contributed by atoms with E-state index in [2.05, 4.69) is 10.3 Å². The van der Waals surface area contributed by atoms with Gasteiger partial charge in [0.05, 0.1) is 11.0 Å². The lowest BCUT2D eigenvalue weighted by molar-refractivity contribution is -0.385. The molecule has 0 saturated heterocycles. The van der Waals surface area contributed by atoms with Crippen LogP contribution >= 0.6 is 0 Å². The molecule has 0 aliphatic heterocycles. The fourth-order valence-corrected chi connectivity index (χ4v) is 2.43. The topological polar surface area (TPSA) is 98.8 Å². The maximum absolute atomic E-state index is 13.6. The van der Waals surface area contributed by atoms with Gasteiger partial charge in [-0.15, -0.1) is 0 Å². The third-order valence-corrected chi connectivity index (χ3v) is 3.66. The first-order valence-corrected chi connectivity index (χ1v) is 7.87. The van der Waals surface area contributed by atoms with Crippen molar-refractivity contribution in [1.82, 2.24) is 9.38 Å². The number of rotatable bonds is 6. The van der Waals surface area contributed by atoms with Gasteiger partial charge in [-0.25, -0.2) is 13.8 Å². The van der Waals surface area contributed by atoms with Crippen molar-refractivity contribution in [3.05, 3.63) is 74.7 Å². The summed E-state index contributed by atoms with van der Waals surface area (Å²) in [6.45, 7) is 1.51. The molecule has 1 unspecified atom stereocenters. The molecule has 2 heterocycles. The third kappa shape index (κ3) is 3.84.